The monoisotopic (exact) mass is 415 g/mol. The first-order valence-electron chi connectivity index (χ1n) is 9.00. The van der Waals surface area contributed by atoms with Gasteiger partial charge in [0.1, 0.15) is 5.69 Å². The van der Waals surface area contributed by atoms with Crippen LogP contribution in [0.5, 0.6) is 0 Å². The highest BCUT2D eigenvalue weighted by molar-refractivity contribution is 7.17. The predicted molar refractivity (Wildman–Crippen MR) is 109 cm³/mol. The lowest BCUT2D eigenvalue weighted by molar-refractivity contribution is -0.119. The first kappa shape index (κ1) is 18.7. The Morgan fingerprint density at radius 1 is 1.21 bits per heavy atom. The second kappa shape index (κ2) is 8.16. The molecule has 2 aromatic heterocycles. The fourth-order valence-corrected chi connectivity index (χ4v) is 4.07. The van der Waals surface area contributed by atoms with Crippen LogP contribution in [-0.4, -0.2) is 23.5 Å². The fraction of sp³-hybridized carbons (Fsp3) is 0.250. The van der Waals surface area contributed by atoms with Gasteiger partial charge in [0, 0.05) is 30.3 Å². The van der Waals surface area contributed by atoms with Gasteiger partial charge < -0.3 is 14.7 Å². The number of carbonyl (C=O) groups excluding carboxylic acids is 2. The van der Waals surface area contributed by atoms with Crippen LogP contribution in [0.15, 0.2) is 47.0 Å². The highest BCUT2D eigenvalue weighted by Crippen LogP contribution is 2.26. The minimum atomic E-state index is -0.197. The molecule has 0 atom stereocenters. The molecule has 0 unspecified atom stereocenters. The molecule has 3 heterocycles. The van der Waals surface area contributed by atoms with Gasteiger partial charge in [0.25, 0.3) is 5.91 Å². The standard InChI is InChI=1S/C20H18ClN3O3S/c21-18-9-8-17(28-18)20(26)22-12-14-11-16(27-23-14)13-4-6-15(7-5-13)24-10-2-1-3-19(24)25/h4-9,11H,1-3,10,12H2,(H,22,26). The van der Waals surface area contributed by atoms with Crippen molar-refractivity contribution in [1.82, 2.24) is 10.5 Å². The largest absolute Gasteiger partial charge is 0.356 e. The predicted octanol–water partition coefficient (Wildman–Crippen LogP) is 4.50. The number of amides is 2. The Hall–Kier alpha value is -2.64. The van der Waals surface area contributed by atoms with Crippen LogP contribution >= 0.6 is 22.9 Å². The van der Waals surface area contributed by atoms with Gasteiger partial charge in [-0.2, -0.15) is 0 Å². The first-order chi connectivity index (χ1) is 13.6. The molecule has 1 fully saturated rings. The van der Waals surface area contributed by atoms with Crippen molar-refractivity contribution in [2.75, 3.05) is 11.4 Å². The number of benzene rings is 1. The van der Waals surface area contributed by atoms with E-state index in [0.717, 1.165) is 30.6 Å². The van der Waals surface area contributed by atoms with Gasteiger partial charge in [0.05, 0.1) is 15.8 Å². The molecule has 1 aliphatic heterocycles. The van der Waals surface area contributed by atoms with E-state index in [1.807, 2.05) is 29.2 Å². The zero-order valence-electron chi connectivity index (χ0n) is 15.0. The van der Waals surface area contributed by atoms with E-state index in [1.165, 1.54) is 11.3 Å². The second-order valence-corrected chi connectivity index (χ2v) is 8.23. The number of halogens is 1. The Bertz CT molecular complexity index is 996. The Balaban J connectivity index is 1.39. The summed E-state index contributed by atoms with van der Waals surface area (Å²) in [6.45, 7) is 1.03. The van der Waals surface area contributed by atoms with E-state index in [4.69, 9.17) is 16.1 Å². The van der Waals surface area contributed by atoms with Crippen LogP contribution in [-0.2, 0) is 11.3 Å². The summed E-state index contributed by atoms with van der Waals surface area (Å²) in [5.74, 6) is 0.584. The quantitative estimate of drug-likeness (QED) is 0.665. The van der Waals surface area contributed by atoms with Crippen molar-refractivity contribution in [3.8, 4) is 11.3 Å². The molecule has 4 rings (SSSR count). The summed E-state index contributed by atoms with van der Waals surface area (Å²) in [6.07, 6.45) is 2.60. The summed E-state index contributed by atoms with van der Waals surface area (Å²) in [7, 11) is 0. The third-order valence-corrected chi connectivity index (χ3v) is 5.80. The van der Waals surface area contributed by atoms with Crippen LogP contribution in [0.3, 0.4) is 0 Å². The summed E-state index contributed by atoms with van der Waals surface area (Å²) in [5, 5.41) is 6.81. The van der Waals surface area contributed by atoms with E-state index >= 15 is 0 Å². The maximum Gasteiger partial charge on any atom is 0.261 e. The molecule has 0 saturated carbocycles. The highest BCUT2D eigenvalue weighted by Gasteiger charge is 2.19. The molecule has 2 amide bonds. The van der Waals surface area contributed by atoms with Gasteiger partial charge in [-0.3, -0.25) is 9.59 Å². The maximum atomic E-state index is 12.1. The molecule has 1 N–H and O–H groups in total. The van der Waals surface area contributed by atoms with Crippen LogP contribution < -0.4 is 10.2 Å². The van der Waals surface area contributed by atoms with Gasteiger partial charge >= 0.3 is 0 Å². The van der Waals surface area contributed by atoms with E-state index in [9.17, 15) is 9.59 Å². The summed E-state index contributed by atoms with van der Waals surface area (Å²) in [5.41, 5.74) is 2.39. The van der Waals surface area contributed by atoms with E-state index in [1.54, 1.807) is 18.2 Å². The van der Waals surface area contributed by atoms with Crippen molar-refractivity contribution in [3.05, 3.63) is 57.4 Å². The van der Waals surface area contributed by atoms with Crippen molar-refractivity contribution in [2.45, 2.75) is 25.8 Å². The maximum absolute atomic E-state index is 12.1. The summed E-state index contributed by atoms with van der Waals surface area (Å²) < 4.78 is 5.97. The minimum Gasteiger partial charge on any atom is -0.356 e. The molecule has 1 aromatic carbocycles. The van der Waals surface area contributed by atoms with Gasteiger partial charge in [-0.1, -0.05) is 16.8 Å². The van der Waals surface area contributed by atoms with Crippen molar-refractivity contribution in [3.63, 3.8) is 0 Å². The Morgan fingerprint density at radius 3 is 2.75 bits per heavy atom. The van der Waals surface area contributed by atoms with Gasteiger partial charge in [-0.05, 0) is 49.2 Å². The molecular formula is C20H18ClN3O3S. The van der Waals surface area contributed by atoms with E-state index in [-0.39, 0.29) is 18.4 Å². The van der Waals surface area contributed by atoms with E-state index in [0.29, 0.717) is 27.1 Å². The molecule has 0 spiro atoms. The van der Waals surface area contributed by atoms with Crippen molar-refractivity contribution in [1.29, 1.82) is 0 Å². The van der Waals surface area contributed by atoms with Crippen molar-refractivity contribution >= 4 is 40.4 Å². The highest BCUT2D eigenvalue weighted by atomic mass is 35.5. The summed E-state index contributed by atoms with van der Waals surface area (Å²) >= 11 is 7.08. The number of hydrogen-bond acceptors (Lipinski definition) is 5. The fourth-order valence-electron chi connectivity index (χ4n) is 3.11. The molecule has 3 aromatic rings. The average Bonchev–Trinajstić information content (AvgIpc) is 3.36. The number of aromatic nitrogens is 1. The number of carbonyl (C=O) groups is 2. The van der Waals surface area contributed by atoms with Crippen LogP contribution in [0.2, 0.25) is 4.34 Å². The van der Waals surface area contributed by atoms with Gasteiger partial charge in [0.15, 0.2) is 5.76 Å². The summed E-state index contributed by atoms with van der Waals surface area (Å²) in [4.78, 5) is 26.5. The van der Waals surface area contributed by atoms with E-state index in [2.05, 4.69) is 10.5 Å². The molecule has 1 aliphatic rings. The van der Waals surface area contributed by atoms with E-state index < -0.39 is 0 Å². The van der Waals surface area contributed by atoms with Crippen molar-refractivity contribution < 1.29 is 14.1 Å². The van der Waals surface area contributed by atoms with Gasteiger partial charge in [-0.15, -0.1) is 11.3 Å². The zero-order valence-corrected chi connectivity index (χ0v) is 16.6. The summed E-state index contributed by atoms with van der Waals surface area (Å²) in [6, 6.07) is 12.8. The minimum absolute atomic E-state index is 0.170. The normalized spacial score (nSPS) is 14.3. The number of thiophene rings is 1. The lowest BCUT2D eigenvalue weighted by atomic mass is 10.1. The lowest BCUT2D eigenvalue weighted by Gasteiger charge is -2.26. The molecule has 0 radical (unpaired) electrons. The molecule has 8 heteroatoms. The molecule has 28 heavy (non-hydrogen) atoms. The van der Waals surface area contributed by atoms with Gasteiger partial charge in [-0.25, -0.2) is 0 Å². The average molecular weight is 416 g/mol. The topological polar surface area (TPSA) is 75.4 Å². The smallest absolute Gasteiger partial charge is 0.261 e. The third-order valence-electron chi connectivity index (χ3n) is 4.57. The lowest BCUT2D eigenvalue weighted by Crippen LogP contribution is -2.35. The number of hydrogen-bond donors (Lipinski definition) is 1. The number of anilines is 1. The van der Waals surface area contributed by atoms with Crippen LogP contribution in [0, 0.1) is 0 Å². The molecular weight excluding hydrogens is 398 g/mol. The molecule has 144 valence electrons. The zero-order chi connectivity index (χ0) is 19.5. The SMILES string of the molecule is O=C(NCc1cc(-c2ccc(N3CCCCC3=O)cc2)on1)c1ccc(Cl)s1. The Labute approximate surface area is 171 Å². The Kier molecular flexibility index (Phi) is 5.45. The third kappa shape index (κ3) is 4.10. The molecule has 0 aliphatic carbocycles. The van der Waals surface area contributed by atoms with Crippen molar-refractivity contribution in [2.24, 2.45) is 0 Å². The number of nitrogens with zero attached hydrogens (tertiary/aromatic N) is 2. The number of rotatable bonds is 5. The molecule has 0 bridgehead atoms. The van der Waals surface area contributed by atoms with Crippen LogP contribution in [0.4, 0.5) is 5.69 Å². The van der Waals surface area contributed by atoms with Crippen LogP contribution in [0.1, 0.15) is 34.6 Å². The molecule has 6 nitrogen and oxygen atoms in total. The van der Waals surface area contributed by atoms with Crippen LogP contribution in [0.25, 0.3) is 11.3 Å². The number of piperidine rings is 1. The second-order valence-electron chi connectivity index (χ2n) is 6.52. The number of nitrogens with one attached hydrogen (secondary N) is 1. The van der Waals surface area contributed by atoms with Gasteiger partial charge in [0.2, 0.25) is 5.91 Å². The molecule has 1 saturated heterocycles. The first-order valence-corrected chi connectivity index (χ1v) is 10.2. The Morgan fingerprint density at radius 2 is 2.04 bits per heavy atom.